The van der Waals surface area contributed by atoms with Crippen molar-refractivity contribution in [3.05, 3.63) is 17.0 Å². The summed E-state index contributed by atoms with van der Waals surface area (Å²) in [6.07, 6.45) is 2.66. The van der Waals surface area contributed by atoms with E-state index in [0.717, 1.165) is 24.9 Å². The third kappa shape index (κ3) is 4.93. The van der Waals surface area contributed by atoms with Gasteiger partial charge in [-0.05, 0) is 26.8 Å². The summed E-state index contributed by atoms with van der Waals surface area (Å²) in [7, 11) is 2.16. The van der Waals surface area contributed by atoms with Crippen LogP contribution < -0.4 is 5.32 Å². The minimum absolute atomic E-state index is 0.397. The molecule has 0 aliphatic heterocycles. The van der Waals surface area contributed by atoms with Crippen molar-refractivity contribution in [1.82, 2.24) is 14.9 Å². The van der Waals surface area contributed by atoms with Crippen LogP contribution >= 0.6 is 11.6 Å². The number of nitrogens with zero attached hydrogens (tertiary/aromatic N) is 3. The van der Waals surface area contributed by atoms with E-state index in [0.29, 0.717) is 24.2 Å². The summed E-state index contributed by atoms with van der Waals surface area (Å²) in [6, 6.07) is 2.53. The summed E-state index contributed by atoms with van der Waals surface area (Å²) >= 11 is 5.97. The van der Waals surface area contributed by atoms with Crippen molar-refractivity contribution in [3.63, 3.8) is 0 Å². The molecule has 1 heterocycles. The molecule has 1 aromatic rings. The average Bonchev–Trinajstić information content (AvgIpc) is 3.20. The van der Waals surface area contributed by atoms with E-state index in [2.05, 4.69) is 27.2 Å². The second-order valence-electron chi connectivity index (χ2n) is 4.77. The second-order valence-corrected chi connectivity index (χ2v) is 5.16. The molecule has 0 spiro atoms. The quantitative estimate of drug-likeness (QED) is 0.742. The van der Waals surface area contributed by atoms with Crippen LogP contribution in [0.5, 0.6) is 0 Å². The van der Waals surface area contributed by atoms with Crippen LogP contribution in [0, 0.1) is 0 Å². The summed E-state index contributed by atoms with van der Waals surface area (Å²) < 4.78 is 5.29. The van der Waals surface area contributed by atoms with Crippen LogP contribution in [0.2, 0.25) is 5.15 Å². The van der Waals surface area contributed by atoms with Crippen molar-refractivity contribution in [2.75, 3.05) is 32.1 Å². The molecule has 0 unspecified atom stereocenters. The number of ether oxygens (including phenoxy) is 1. The predicted molar refractivity (Wildman–Crippen MR) is 76.5 cm³/mol. The number of hydrogen-bond acceptors (Lipinski definition) is 5. The van der Waals surface area contributed by atoms with E-state index in [1.165, 1.54) is 12.8 Å². The SMILES string of the molecule is CCOCc1nc(Cl)cc(NCCN(C)C2CC2)n1. The Kier molecular flexibility index (Phi) is 5.36. The standard InChI is InChI=1S/C13H21ClN4O/c1-3-19-9-13-16-11(14)8-12(17-13)15-6-7-18(2)10-4-5-10/h8,10H,3-7,9H2,1-2H3,(H,15,16,17). The van der Waals surface area contributed by atoms with Gasteiger partial charge >= 0.3 is 0 Å². The lowest BCUT2D eigenvalue weighted by Gasteiger charge is -2.16. The molecular weight excluding hydrogens is 264 g/mol. The zero-order valence-corrected chi connectivity index (χ0v) is 12.3. The van der Waals surface area contributed by atoms with Crippen LogP contribution in [0.15, 0.2) is 6.07 Å². The maximum absolute atomic E-state index is 5.97. The molecule has 1 N–H and O–H groups in total. The largest absolute Gasteiger partial charge is 0.374 e. The molecule has 2 rings (SSSR count). The van der Waals surface area contributed by atoms with Gasteiger partial charge in [0.2, 0.25) is 0 Å². The van der Waals surface area contributed by atoms with Crippen LogP contribution in [0.25, 0.3) is 0 Å². The second kappa shape index (κ2) is 7.03. The van der Waals surface area contributed by atoms with Crippen molar-refractivity contribution in [2.45, 2.75) is 32.4 Å². The zero-order valence-electron chi connectivity index (χ0n) is 11.5. The van der Waals surface area contributed by atoms with Gasteiger partial charge in [-0.3, -0.25) is 0 Å². The molecule has 1 aliphatic carbocycles. The van der Waals surface area contributed by atoms with Crippen LogP contribution in [0.1, 0.15) is 25.6 Å². The molecule has 1 aromatic heterocycles. The molecular formula is C13H21ClN4O. The lowest BCUT2D eigenvalue weighted by atomic mass is 10.4. The van der Waals surface area contributed by atoms with Gasteiger partial charge in [-0.2, -0.15) is 0 Å². The molecule has 6 heteroatoms. The van der Waals surface area contributed by atoms with E-state index in [-0.39, 0.29) is 0 Å². The van der Waals surface area contributed by atoms with Gasteiger partial charge in [0.05, 0.1) is 0 Å². The lowest BCUT2D eigenvalue weighted by molar-refractivity contribution is 0.128. The fourth-order valence-electron chi connectivity index (χ4n) is 1.87. The van der Waals surface area contributed by atoms with E-state index in [1.54, 1.807) is 6.07 Å². The molecule has 5 nitrogen and oxygen atoms in total. The summed E-state index contributed by atoms with van der Waals surface area (Å²) in [5.41, 5.74) is 0. The fraction of sp³-hybridized carbons (Fsp3) is 0.692. The first-order valence-electron chi connectivity index (χ1n) is 6.74. The minimum atomic E-state index is 0.397. The molecule has 0 atom stereocenters. The van der Waals surface area contributed by atoms with Gasteiger partial charge in [0.25, 0.3) is 0 Å². The van der Waals surface area contributed by atoms with Gasteiger partial charge in [0.1, 0.15) is 17.6 Å². The summed E-state index contributed by atoms with van der Waals surface area (Å²) in [4.78, 5) is 10.9. The topological polar surface area (TPSA) is 50.3 Å². The first-order chi connectivity index (χ1) is 9.19. The van der Waals surface area contributed by atoms with Crippen molar-refractivity contribution in [2.24, 2.45) is 0 Å². The number of likely N-dealkylation sites (N-methyl/N-ethyl adjacent to an activating group) is 1. The lowest BCUT2D eigenvalue weighted by Crippen LogP contribution is -2.27. The Morgan fingerprint density at radius 1 is 1.47 bits per heavy atom. The van der Waals surface area contributed by atoms with E-state index >= 15 is 0 Å². The van der Waals surface area contributed by atoms with Crippen molar-refractivity contribution in [1.29, 1.82) is 0 Å². The van der Waals surface area contributed by atoms with Crippen LogP contribution in [-0.2, 0) is 11.3 Å². The third-order valence-electron chi connectivity index (χ3n) is 3.12. The maximum atomic E-state index is 5.97. The number of nitrogens with one attached hydrogen (secondary N) is 1. The molecule has 1 aliphatic rings. The predicted octanol–water partition coefficient (Wildman–Crippen LogP) is 2.17. The normalized spacial score (nSPS) is 14.9. The molecule has 1 saturated carbocycles. The number of hydrogen-bond donors (Lipinski definition) is 1. The Balaban J connectivity index is 1.82. The van der Waals surface area contributed by atoms with E-state index in [9.17, 15) is 0 Å². The Morgan fingerprint density at radius 2 is 2.26 bits per heavy atom. The van der Waals surface area contributed by atoms with Crippen LogP contribution in [-0.4, -0.2) is 47.7 Å². The van der Waals surface area contributed by atoms with Crippen LogP contribution in [0.3, 0.4) is 0 Å². The Morgan fingerprint density at radius 3 is 2.95 bits per heavy atom. The average molecular weight is 285 g/mol. The molecule has 0 amide bonds. The highest BCUT2D eigenvalue weighted by Crippen LogP contribution is 2.24. The smallest absolute Gasteiger partial charge is 0.158 e. The van der Waals surface area contributed by atoms with Gasteiger partial charge in [0, 0.05) is 31.8 Å². The monoisotopic (exact) mass is 284 g/mol. The van der Waals surface area contributed by atoms with Gasteiger partial charge in [-0.1, -0.05) is 11.6 Å². The molecule has 0 aromatic carbocycles. The maximum Gasteiger partial charge on any atom is 0.158 e. The minimum Gasteiger partial charge on any atom is -0.374 e. The van der Waals surface area contributed by atoms with Gasteiger partial charge in [-0.15, -0.1) is 0 Å². The van der Waals surface area contributed by atoms with Crippen molar-refractivity contribution >= 4 is 17.4 Å². The number of rotatable bonds is 8. The molecule has 106 valence electrons. The Hall–Kier alpha value is -0.910. The van der Waals surface area contributed by atoms with Crippen LogP contribution in [0.4, 0.5) is 5.82 Å². The first-order valence-corrected chi connectivity index (χ1v) is 7.12. The van der Waals surface area contributed by atoms with E-state index < -0.39 is 0 Å². The highest BCUT2D eigenvalue weighted by Gasteiger charge is 2.25. The fourth-order valence-corrected chi connectivity index (χ4v) is 2.07. The molecule has 19 heavy (non-hydrogen) atoms. The molecule has 1 fully saturated rings. The number of halogens is 1. The van der Waals surface area contributed by atoms with Gasteiger partial charge in [0.15, 0.2) is 5.82 Å². The summed E-state index contributed by atoms with van der Waals surface area (Å²) in [5.74, 6) is 1.38. The van der Waals surface area contributed by atoms with Crippen molar-refractivity contribution in [3.8, 4) is 0 Å². The summed E-state index contributed by atoms with van der Waals surface area (Å²) in [5, 5.41) is 3.73. The molecule has 0 bridgehead atoms. The summed E-state index contributed by atoms with van der Waals surface area (Å²) in [6.45, 7) is 4.84. The van der Waals surface area contributed by atoms with Gasteiger partial charge in [-0.25, -0.2) is 9.97 Å². The Labute approximate surface area is 119 Å². The Bertz CT molecular complexity index is 412. The third-order valence-corrected chi connectivity index (χ3v) is 3.31. The highest BCUT2D eigenvalue weighted by atomic mass is 35.5. The zero-order chi connectivity index (χ0) is 13.7. The first kappa shape index (κ1) is 14.5. The molecule has 0 saturated heterocycles. The van der Waals surface area contributed by atoms with E-state index in [1.807, 2.05) is 6.92 Å². The highest BCUT2D eigenvalue weighted by molar-refractivity contribution is 6.29. The van der Waals surface area contributed by atoms with E-state index in [4.69, 9.17) is 16.3 Å². The number of aromatic nitrogens is 2. The molecule has 0 radical (unpaired) electrons. The van der Waals surface area contributed by atoms with Crippen molar-refractivity contribution < 1.29 is 4.74 Å². The van der Waals surface area contributed by atoms with Gasteiger partial charge < -0.3 is 15.0 Å². The number of anilines is 1.